The molecule has 206 valence electrons. The Morgan fingerprint density at radius 2 is 1.82 bits per heavy atom. The molecular weight excluding hydrogens is 509 g/mol. The van der Waals surface area contributed by atoms with Crippen LogP contribution in [0.25, 0.3) is 0 Å². The minimum Gasteiger partial charge on any atom is -0.439 e. The van der Waals surface area contributed by atoms with E-state index < -0.39 is 17.6 Å². The largest absolute Gasteiger partial charge is 0.439 e. The molecule has 39 heavy (non-hydrogen) atoms. The SMILES string of the molecule is Cc1ccc(C(=O)Nc2ccc(CN3CCN(C)CC3)c(C(F)(F)F)c2)cc1Oc1cc(NC2CC2)ncn1. The van der Waals surface area contributed by atoms with Gasteiger partial charge in [-0.2, -0.15) is 13.2 Å². The van der Waals surface area contributed by atoms with Gasteiger partial charge in [0.2, 0.25) is 5.88 Å². The number of aromatic nitrogens is 2. The molecule has 1 amide bonds. The second-order valence-electron chi connectivity index (χ2n) is 10.1. The third-order valence-electron chi connectivity index (χ3n) is 6.90. The van der Waals surface area contributed by atoms with Crippen LogP contribution >= 0.6 is 0 Å². The van der Waals surface area contributed by atoms with E-state index in [2.05, 4.69) is 25.5 Å². The lowest BCUT2D eigenvalue weighted by Gasteiger charge is -2.33. The molecule has 8 nitrogen and oxygen atoms in total. The summed E-state index contributed by atoms with van der Waals surface area (Å²) in [6.07, 6.45) is -0.949. The highest BCUT2D eigenvalue weighted by atomic mass is 19.4. The Bertz CT molecular complexity index is 1340. The molecule has 0 bridgehead atoms. The summed E-state index contributed by atoms with van der Waals surface area (Å²) in [5, 5.41) is 5.88. The third kappa shape index (κ3) is 7.04. The van der Waals surface area contributed by atoms with Gasteiger partial charge >= 0.3 is 6.18 Å². The van der Waals surface area contributed by atoms with E-state index in [1.807, 2.05) is 18.9 Å². The first kappa shape index (κ1) is 26.9. The molecule has 1 aromatic heterocycles. The fourth-order valence-corrected chi connectivity index (χ4v) is 4.38. The van der Waals surface area contributed by atoms with Crippen molar-refractivity contribution >= 4 is 17.4 Å². The van der Waals surface area contributed by atoms with E-state index in [9.17, 15) is 18.0 Å². The second-order valence-corrected chi connectivity index (χ2v) is 10.1. The Balaban J connectivity index is 1.30. The molecule has 2 N–H and O–H groups in total. The number of carbonyl (C=O) groups excluding carboxylic acids is 1. The summed E-state index contributed by atoms with van der Waals surface area (Å²) >= 11 is 0. The van der Waals surface area contributed by atoms with Crippen molar-refractivity contribution in [1.82, 2.24) is 19.8 Å². The summed E-state index contributed by atoms with van der Waals surface area (Å²) in [5.74, 6) is 0.848. The van der Waals surface area contributed by atoms with Crippen molar-refractivity contribution in [2.45, 2.75) is 38.5 Å². The zero-order valence-corrected chi connectivity index (χ0v) is 21.9. The maximum absolute atomic E-state index is 13.9. The van der Waals surface area contributed by atoms with Crippen LogP contribution in [0.2, 0.25) is 0 Å². The van der Waals surface area contributed by atoms with E-state index in [4.69, 9.17) is 4.74 Å². The van der Waals surface area contributed by atoms with E-state index in [1.54, 1.807) is 24.3 Å². The van der Waals surface area contributed by atoms with E-state index in [0.717, 1.165) is 37.6 Å². The lowest BCUT2D eigenvalue weighted by Crippen LogP contribution is -2.44. The van der Waals surface area contributed by atoms with Crippen LogP contribution in [-0.2, 0) is 12.7 Å². The zero-order valence-electron chi connectivity index (χ0n) is 21.9. The van der Waals surface area contributed by atoms with Gasteiger partial charge in [0.25, 0.3) is 5.91 Å². The van der Waals surface area contributed by atoms with Gasteiger partial charge in [-0.1, -0.05) is 12.1 Å². The topological polar surface area (TPSA) is 82.6 Å². The van der Waals surface area contributed by atoms with Gasteiger partial charge in [-0.15, -0.1) is 0 Å². The second kappa shape index (κ2) is 11.2. The maximum Gasteiger partial charge on any atom is 0.416 e. The molecule has 0 unspecified atom stereocenters. The minimum atomic E-state index is -4.54. The normalized spacial score (nSPS) is 16.6. The fourth-order valence-electron chi connectivity index (χ4n) is 4.38. The maximum atomic E-state index is 13.9. The molecule has 3 aromatic rings. The van der Waals surface area contributed by atoms with Gasteiger partial charge in [0.05, 0.1) is 5.56 Å². The van der Waals surface area contributed by atoms with Gasteiger partial charge in [-0.25, -0.2) is 9.97 Å². The number of benzene rings is 2. The number of rotatable bonds is 8. The molecule has 5 rings (SSSR count). The van der Waals surface area contributed by atoms with Gasteiger partial charge < -0.3 is 20.3 Å². The molecule has 1 saturated carbocycles. The summed E-state index contributed by atoms with van der Waals surface area (Å²) in [7, 11) is 2.00. The molecule has 11 heteroatoms. The number of ether oxygens (including phenoxy) is 1. The van der Waals surface area contributed by atoms with Crippen molar-refractivity contribution in [3.05, 3.63) is 71.0 Å². The predicted octanol–water partition coefficient (Wildman–Crippen LogP) is 5.17. The number of likely N-dealkylation sites (N-methyl/N-ethyl adjacent to an activating group) is 1. The zero-order chi connectivity index (χ0) is 27.6. The number of hydrogen-bond donors (Lipinski definition) is 2. The van der Waals surface area contributed by atoms with Crippen LogP contribution in [0.1, 0.15) is 39.9 Å². The first-order chi connectivity index (χ1) is 18.6. The Kier molecular flexibility index (Phi) is 7.72. The van der Waals surface area contributed by atoms with Gasteiger partial charge in [0.15, 0.2) is 0 Å². The number of aryl methyl sites for hydroxylation is 1. The van der Waals surface area contributed by atoms with Crippen LogP contribution in [0.3, 0.4) is 0 Å². The summed E-state index contributed by atoms with van der Waals surface area (Å²) in [6.45, 7) is 5.07. The molecule has 2 aliphatic rings. The highest BCUT2D eigenvalue weighted by Gasteiger charge is 2.34. The molecule has 0 radical (unpaired) electrons. The molecular formula is C28H31F3N6O2. The summed E-state index contributed by atoms with van der Waals surface area (Å²) in [5.41, 5.74) is 0.539. The van der Waals surface area contributed by atoms with Crippen molar-refractivity contribution in [2.24, 2.45) is 0 Å². The molecule has 2 heterocycles. The average Bonchev–Trinajstić information content (AvgIpc) is 3.71. The summed E-state index contributed by atoms with van der Waals surface area (Å²) in [6, 6.07) is 10.9. The standard InChI is InChI=1S/C28H31F3N6O2/c1-18-3-4-19(13-24(18)39-26-15-25(32-17-33-26)34-21-7-8-21)27(38)35-22-6-5-20(23(14-22)28(29,30)31)16-37-11-9-36(2)10-12-37/h3-6,13-15,17,21H,7-12,16H2,1-2H3,(H,35,38)(H,32,33,34). The van der Waals surface area contributed by atoms with E-state index in [1.165, 1.54) is 18.5 Å². The Morgan fingerprint density at radius 3 is 2.54 bits per heavy atom. The molecule has 0 spiro atoms. The van der Waals surface area contributed by atoms with Crippen LogP contribution in [0, 0.1) is 6.92 Å². The minimum absolute atomic E-state index is 0.0732. The van der Waals surface area contributed by atoms with Gasteiger partial charge in [0.1, 0.15) is 17.9 Å². The van der Waals surface area contributed by atoms with E-state index in [-0.39, 0.29) is 23.4 Å². The number of nitrogens with zero attached hydrogens (tertiary/aromatic N) is 4. The van der Waals surface area contributed by atoms with Crippen LogP contribution < -0.4 is 15.4 Å². The molecule has 1 saturated heterocycles. The van der Waals surface area contributed by atoms with Crippen molar-refractivity contribution in [2.75, 3.05) is 43.9 Å². The molecule has 1 aliphatic carbocycles. The molecule has 2 aromatic carbocycles. The smallest absolute Gasteiger partial charge is 0.416 e. The Labute approximate surface area is 225 Å². The average molecular weight is 541 g/mol. The van der Waals surface area contributed by atoms with Gasteiger partial charge in [-0.05, 0) is 62.2 Å². The molecule has 1 aliphatic heterocycles. The number of anilines is 2. The number of alkyl halides is 3. The van der Waals surface area contributed by atoms with Gasteiger partial charge in [0, 0.05) is 56.1 Å². The Morgan fingerprint density at radius 1 is 1.05 bits per heavy atom. The van der Waals surface area contributed by atoms with Crippen LogP contribution in [-0.4, -0.2) is 64.9 Å². The van der Waals surface area contributed by atoms with Crippen molar-refractivity contribution in [3.8, 4) is 11.6 Å². The highest BCUT2D eigenvalue weighted by Crippen LogP contribution is 2.35. The first-order valence-electron chi connectivity index (χ1n) is 12.9. The third-order valence-corrected chi connectivity index (χ3v) is 6.90. The quantitative estimate of drug-likeness (QED) is 0.408. The monoisotopic (exact) mass is 540 g/mol. The van der Waals surface area contributed by atoms with E-state index in [0.29, 0.717) is 36.6 Å². The van der Waals surface area contributed by atoms with Crippen LogP contribution in [0.15, 0.2) is 48.8 Å². The number of amides is 1. The number of hydrogen-bond acceptors (Lipinski definition) is 7. The Hall–Kier alpha value is -3.70. The summed E-state index contributed by atoms with van der Waals surface area (Å²) < 4.78 is 47.7. The van der Waals surface area contributed by atoms with Gasteiger partial charge in [-0.3, -0.25) is 9.69 Å². The van der Waals surface area contributed by atoms with Crippen molar-refractivity contribution in [1.29, 1.82) is 0 Å². The number of nitrogens with one attached hydrogen (secondary N) is 2. The number of halogens is 3. The number of carbonyl (C=O) groups is 1. The summed E-state index contributed by atoms with van der Waals surface area (Å²) in [4.78, 5) is 25.5. The number of piperazine rings is 1. The highest BCUT2D eigenvalue weighted by molar-refractivity contribution is 6.04. The lowest BCUT2D eigenvalue weighted by molar-refractivity contribution is -0.138. The lowest BCUT2D eigenvalue weighted by atomic mass is 10.0. The van der Waals surface area contributed by atoms with E-state index >= 15 is 0 Å². The first-order valence-corrected chi connectivity index (χ1v) is 12.9. The molecule has 0 atom stereocenters. The fraction of sp³-hybridized carbons (Fsp3) is 0.393. The van der Waals surface area contributed by atoms with Crippen LogP contribution in [0.4, 0.5) is 24.7 Å². The predicted molar refractivity (Wildman–Crippen MR) is 142 cm³/mol. The van der Waals surface area contributed by atoms with Crippen LogP contribution in [0.5, 0.6) is 11.6 Å². The molecule has 2 fully saturated rings. The van der Waals surface area contributed by atoms with Crippen molar-refractivity contribution < 1.29 is 22.7 Å². The van der Waals surface area contributed by atoms with Crippen molar-refractivity contribution in [3.63, 3.8) is 0 Å².